The summed E-state index contributed by atoms with van der Waals surface area (Å²) in [5, 5.41) is 2.73. The molecule has 0 unspecified atom stereocenters. The van der Waals surface area contributed by atoms with Gasteiger partial charge < -0.3 is 15.0 Å². The second-order valence-corrected chi connectivity index (χ2v) is 6.22. The number of hydrogen-bond acceptors (Lipinski definition) is 5. The van der Waals surface area contributed by atoms with Gasteiger partial charge in [0.25, 0.3) is 0 Å². The number of carbonyl (C=O) groups excluding carboxylic acids is 1. The van der Waals surface area contributed by atoms with E-state index in [1.807, 2.05) is 6.20 Å². The Hall–Kier alpha value is -1.44. The summed E-state index contributed by atoms with van der Waals surface area (Å²) >= 11 is 0. The highest BCUT2D eigenvalue weighted by atomic mass is 16.5. The monoisotopic (exact) mass is 307 g/mol. The molecular formula is C15H25N5O2. The lowest BCUT2D eigenvalue weighted by Gasteiger charge is -2.50. The number of hydrogen-bond donors (Lipinski definition) is 2. The maximum atomic E-state index is 11.8. The molecule has 2 aliphatic heterocycles. The zero-order valence-electron chi connectivity index (χ0n) is 13.2. The zero-order chi connectivity index (χ0) is 15.4. The van der Waals surface area contributed by atoms with Gasteiger partial charge in [0.15, 0.2) is 0 Å². The summed E-state index contributed by atoms with van der Waals surface area (Å²) in [5.41, 5.74) is 1.17. The van der Waals surface area contributed by atoms with Crippen LogP contribution in [0.5, 0.6) is 0 Å². The topological polar surface area (TPSA) is 73.5 Å². The largest absolute Gasteiger partial charge is 0.378 e. The van der Waals surface area contributed by atoms with Crippen molar-refractivity contribution >= 4 is 5.91 Å². The molecule has 3 rings (SSSR count). The number of aromatic amines is 1. The molecule has 0 bridgehead atoms. The third-order valence-corrected chi connectivity index (χ3v) is 4.90. The summed E-state index contributed by atoms with van der Waals surface area (Å²) in [6.45, 7) is 5.72. The van der Waals surface area contributed by atoms with Crippen molar-refractivity contribution < 1.29 is 9.53 Å². The highest BCUT2D eigenvalue weighted by molar-refractivity contribution is 5.77. The average molecular weight is 307 g/mol. The van der Waals surface area contributed by atoms with Gasteiger partial charge in [-0.3, -0.25) is 14.6 Å². The van der Waals surface area contributed by atoms with Crippen molar-refractivity contribution in [3.63, 3.8) is 0 Å². The van der Waals surface area contributed by atoms with Gasteiger partial charge in [-0.05, 0) is 12.8 Å². The third kappa shape index (κ3) is 3.31. The molecule has 7 nitrogen and oxygen atoms in total. The van der Waals surface area contributed by atoms with Crippen LogP contribution in [0.15, 0.2) is 12.5 Å². The normalized spacial score (nSPS) is 22.8. The Morgan fingerprint density at radius 2 is 2.27 bits per heavy atom. The van der Waals surface area contributed by atoms with Crippen molar-refractivity contribution in [3.8, 4) is 0 Å². The van der Waals surface area contributed by atoms with E-state index < -0.39 is 0 Å². The predicted molar refractivity (Wildman–Crippen MR) is 82.3 cm³/mol. The van der Waals surface area contributed by atoms with E-state index in [0.29, 0.717) is 6.54 Å². The lowest BCUT2D eigenvalue weighted by atomic mass is 9.85. The number of ether oxygens (including phenoxy) is 1. The fourth-order valence-corrected chi connectivity index (χ4v) is 3.46. The smallest absolute Gasteiger partial charge is 0.233 e. The van der Waals surface area contributed by atoms with Crippen LogP contribution in [-0.2, 0) is 16.1 Å². The average Bonchev–Trinajstić information content (AvgIpc) is 3.05. The minimum atomic E-state index is 0.0231. The van der Waals surface area contributed by atoms with Crippen molar-refractivity contribution in [2.24, 2.45) is 0 Å². The minimum absolute atomic E-state index is 0.0231. The Balaban J connectivity index is 1.59. The van der Waals surface area contributed by atoms with E-state index in [1.54, 1.807) is 13.4 Å². The van der Waals surface area contributed by atoms with Gasteiger partial charge in [0.2, 0.25) is 5.91 Å². The highest BCUT2D eigenvalue weighted by Gasteiger charge is 2.42. The van der Waals surface area contributed by atoms with E-state index in [0.717, 1.165) is 57.9 Å². The number of H-pyrrole nitrogens is 1. The number of likely N-dealkylation sites (N-methyl/N-ethyl adjacent to an activating group) is 1. The van der Waals surface area contributed by atoms with Gasteiger partial charge in [0, 0.05) is 50.7 Å². The van der Waals surface area contributed by atoms with Crippen molar-refractivity contribution in [2.75, 3.05) is 46.4 Å². The van der Waals surface area contributed by atoms with Crippen molar-refractivity contribution in [2.45, 2.75) is 24.9 Å². The first-order valence-electron chi connectivity index (χ1n) is 7.95. The van der Waals surface area contributed by atoms with Gasteiger partial charge in [-0.25, -0.2) is 4.98 Å². The molecule has 2 saturated heterocycles. The maximum Gasteiger partial charge on any atom is 0.233 e. The lowest BCUT2D eigenvalue weighted by Crippen LogP contribution is -2.62. The van der Waals surface area contributed by atoms with Crippen molar-refractivity contribution in [1.82, 2.24) is 25.1 Å². The number of nitrogens with one attached hydrogen (secondary N) is 2. The number of likely N-dealkylation sites (tertiary alicyclic amines) is 1. The molecule has 2 N–H and O–H groups in total. The Morgan fingerprint density at radius 3 is 2.95 bits per heavy atom. The molecule has 2 aliphatic rings. The first-order chi connectivity index (χ1) is 10.7. The van der Waals surface area contributed by atoms with E-state index in [-0.39, 0.29) is 11.4 Å². The first-order valence-corrected chi connectivity index (χ1v) is 7.95. The number of carbonyl (C=O) groups is 1. The van der Waals surface area contributed by atoms with E-state index in [1.165, 1.54) is 0 Å². The molecule has 1 spiro atoms. The fraction of sp³-hybridized carbons (Fsp3) is 0.733. The van der Waals surface area contributed by atoms with Crippen LogP contribution in [0.25, 0.3) is 0 Å². The van der Waals surface area contributed by atoms with Gasteiger partial charge in [0.05, 0.1) is 26.1 Å². The van der Waals surface area contributed by atoms with Gasteiger partial charge in [0.1, 0.15) is 0 Å². The lowest BCUT2D eigenvalue weighted by molar-refractivity contribution is -0.132. The van der Waals surface area contributed by atoms with Crippen LogP contribution in [0, 0.1) is 0 Å². The van der Waals surface area contributed by atoms with Crippen LogP contribution in [0.4, 0.5) is 0 Å². The molecule has 0 saturated carbocycles. The summed E-state index contributed by atoms with van der Waals surface area (Å²) < 4.78 is 5.74. The summed E-state index contributed by atoms with van der Waals surface area (Å²) in [6.07, 6.45) is 5.68. The van der Waals surface area contributed by atoms with Crippen LogP contribution in [0.1, 0.15) is 18.5 Å². The highest BCUT2D eigenvalue weighted by Crippen LogP contribution is 2.32. The molecule has 0 atom stereocenters. The number of imidazole rings is 1. The molecule has 122 valence electrons. The van der Waals surface area contributed by atoms with Gasteiger partial charge in [-0.1, -0.05) is 0 Å². The van der Waals surface area contributed by atoms with Crippen LogP contribution in [-0.4, -0.2) is 77.7 Å². The molecule has 22 heavy (non-hydrogen) atoms. The number of aromatic nitrogens is 2. The summed E-state index contributed by atoms with van der Waals surface area (Å²) in [7, 11) is 1.70. The number of rotatable bonds is 4. The maximum absolute atomic E-state index is 11.8. The Bertz CT molecular complexity index is 482. The molecule has 0 radical (unpaired) electrons. The Morgan fingerprint density at radius 1 is 1.45 bits per heavy atom. The fourth-order valence-electron chi connectivity index (χ4n) is 3.46. The molecular weight excluding hydrogens is 282 g/mol. The van der Waals surface area contributed by atoms with E-state index >= 15 is 0 Å². The second-order valence-electron chi connectivity index (χ2n) is 6.22. The van der Waals surface area contributed by atoms with E-state index in [4.69, 9.17) is 4.74 Å². The number of nitrogens with zero attached hydrogens (tertiary/aromatic N) is 3. The van der Waals surface area contributed by atoms with Crippen LogP contribution >= 0.6 is 0 Å². The summed E-state index contributed by atoms with van der Waals surface area (Å²) in [5.74, 6) is 0.0844. The summed E-state index contributed by atoms with van der Waals surface area (Å²) in [4.78, 5) is 23.8. The summed E-state index contributed by atoms with van der Waals surface area (Å²) in [6, 6.07) is 0. The second kappa shape index (κ2) is 6.76. The predicted octanol–water partition coefficient (Wildman–Crippen LogP) is -0.177. The quantitative estimate of drug-likeness (QED) is 0.807. The Kier molecular flexibility index (Phi) is 4.75. The third-order valence-electron chi connectivity index (χ3n) is 4.90. The minimum Gasteiger partial charge on any atom is -0.378 e. The Labute approximate surface area is 131 Å². The SMILES string of the molecule is CNC(=O)CN1CCOCC12CCN(Cc1cnc[nH]1)CC2. The van der Waals surface area contributed by atoms with E-state index in [2.05, 4.69) is 25.1 Å². The van der Waals surface area contributed by atoms with Crippen molar-refractivity contribution in [1.29, 1.82) is 0 Å². The number of morpholine rings is 1. The van der Waals surface area contributed by atoms with Crippen LogP contribution in [0.2, 0.25) is 0 Å². The molecule has 0 aromatic carbocycles. The van der Waals surface area contributed by atoms with Crippen molar-refractivity contribution in [3.05, 3.63) is 18.2 Å². The molecule has 0 aliphatic carbocycles. The first kappa shape index (κ1) is 15.5. The van der Waals surface area contributed by atoms with Crippen LogP contribution < -0.4 is 5.32 Å². The van der Waals surface area contributed by atoms with Gasteiger partial charge >= 0.3 is 0 Å². The number of piperidine rings is 1. The zero-order valence-corrected chi connectivity index (χ0v) is 13.2. The molecule has 7 heteroatoms. The molecule has 1 aromatic heterocycles. The van der Waals surface area contributed by atoms with Gasteiger partial charge in [-0.15, -0.1) is 0 Å². The molecule has 3 heterocycles. The van der Waals surface area contributed by atoms with Crippen LogP contribution in [0.3, 0.4) is 0 Å². The van der Waals surface area contributed by atoms with Gasteiger partial charge in [-0.2, -0.15) is 0 Å². The molecule has 1 amide bonds. The standard InChI is InChI=1S/C15H25N5O2/c1-16-14(21)10-20-6-7-22-11-15(20)2-4-19(5-3-15)9-13-8-17-12-18-13/h8,12H,2-7,9-11H2,1H3,(H,16,21)(H,17,18). The molecule has 2 fully saturated rings. The van der Waals surface area contributed by atoms with E-state index in [9.17, 15) is 4.79 Å². The molecule has 1 aromatic rings. The number of amides is 1.